The van der Waals surface area contributed by atoms with Gasteiger partial charge in [-0.1, -0.05) is 50.2 Å². The lowest BCUT2D eigenvalue weighted by Crippen LogP contribution is -2.08. The van der Waals surface area contributed by atoms with Gasteiger partial charge in [0.25, 0.3) is 0 Å². The van der Waals surface area contributed by atoms with Crippen LogP contribution in [0.15, 0.2) is 42.0 Å². The number of nitrogens with two attached hydrogens (primary N) is 1. The van der Waals surface area contributed by atoms with Gasteiger partial charge in [-0.15, -0.1) is 0 Å². The molecule has 2 nitrogen and oxygen atoms in total. The van der Waals surface area contributed by atoms with Gasteiger partial charge in [0.05, 0.1) is 0 Å². The lowest BCUT2D eigenvalue weighted by Gasteiger charge is -2.15. The van der Waals surface area contributed by atoms with Gasteiger partial charge in [0.1, 0.15) is 0 Å². The van der Waals surface area contributed by atoms with Gasteiger partial charge in [-0.3, -0.25) is 4.79 Å². The van der Waals surface area contributed by atoms with E-state index in [4.69, 9.17) is 5.73 Å². The predicted octanol–water partition coefficient (Wildman–Crippen LogP) is 4.18. The molecule has 2 N–H and O–H groups in total. The van der Waals surface area contributed by atoms with E-state index in [1.807, 2.05) is 31.2 Å². The molecule has 0 radical (unpaired) electrons. The van der Waals surface area contributed by atoms with E-state index in [0.29, 0.717) is 0 Å². The SMILES string of the molecule is CCC1=Cc2cccc3cccc(c23)C1=O.CCCN. The minimum atomic E-state index is 0.187. The molecule has 0 aliphatic heterocycles. The first-order chi connectivity index (χ1) is 9.72. The van der Waals surface area contributed by atoms with Gasteiger partial charge in [0.15, 0.2) is 5.78 Å². The Kier molecular flexibility index (Phi) is 4.70. The molecule has 0 saturated heterocycles. The number of benzene rings is 2. The molecule has 1 aliphatic rings. The smallest absolute Gasteiger partial charge is 0.189 e. The van der Waals surface area contributed by atoms with Gasteiger partial charge in [-0.2, -0.15) is 0 Å². The fraction of sp³-hybridized carbons (Fsp3) is 0.278. The first kappa shape index (κ1) is 14.5. The van der Waals surface area contributed by atoms with Crippen LogP contribution in [0.2, 0.25) is 0 Å². The van der Waals surface area contributed by atoms with Gasteiger partial charge in [0, 0.05) is 16.5 Å². The zero-order valence-corrected chi connectivity index (χ0v) is 12.1. The molecule has 104 valence electrons. The third kappa shape index (κ3) is 2.66. The number of rotatable bonds is 2. The summed E-state index contributed by atoms with van der Waals surface area (Å²) in [6.45, 7) is 4.90. The highest BCUT2D eigenvalue weighted by Gasteiger charge is 2.19. The summed E-state index contributed by atoms with van der Waals surface area (Å²) in [4.78, 5) is 12.2. The van der Waals surface area contributed by atoms with E-state index in [2.05, 4.69) is 25.1 Å². The van der Waals surface area contributed by atoms with Crippen LogP contribution in [-0.4, -0.2) is 12.3 Å². The van der Waals surface area contributed by atoms with Crippen LogP contribution in [-0.2, 0) is 0 Å². The normalized spacial score (nSPS) is 12.8. The maximum atomic E-state index is 12.2. The van der Waals surface area contributed by atoms with E-state index in [1.54, 1.807) is 0 Å². The Morgan fingerprint density at radius 2 is 1.70 bits per heavy atom. The molecule has 2 heteroatoms. The molecular weight excluding hydrogens is 246 g/mol. The molecule has 0 atom stereocenters. The Bertz CT molecular complexity index is 648. The summed E-state index contributed by atoms with van der Waals surface area (Å²) in [6, 6.07) is 12.1. The Hall–Kier alpha value is -1.93. The number of hydrogen-bond donors (Lipinski definition) is 1. The van der Waals surface area contributed by atoms with Crippen LogP contribution in [0.4, 0.5) is 0 Å². The fourth-order valence-corrected chi connectivity index (χ4v) is 2.37. The van der Waals surface area contributed by atoms with Crippen LogP contribution in [0.1, 0.15) is 42.6 Å². The Morgan fingerprint density at radius 1 is 1.05 bits per heavy atom. The van der Waals surface area contributed by atoms with E-state index < -0.39 is 0 Å². The molecule has 0 spiro atoms. The monoisotopic (exact) mass is 267 g/mol. The van der Waals surface area contributed by atoms with Crippen molar-refractivity contribution in [2.45, 2.75) is 26.7 Å². The van der Waals surface area contributed by atoms with Gasteiger partial charge in [-0.25, -0.2) is 0 Å². The minimum absolute atomic E-state index is 0.187. The highest BCUT2D eigenvalue weighted by atomic mass is 16.1. The van der Waals surface area contributed by atoms with Gasteiger partial charge >= 0.3 is 0 Å². The first-order valence-corrected chi connectivity index (χ1v) is 7.20. The first-order valence-electron chi connectivity index (χ1n) is 7.20. The second-order valence-electron chi connectivity index (χ2n) is 4.89. The van der Waals surface area contributed by atoms with E-state index in [1.165, 1.54) is 5.56 Å². The van der Waals surface area contributed by atoms with Crippen molar-refractivity contribution in [1.82, 2.24) is 0 Å². The minimum Gasteiger partial charge on any atom is -0.330 e. The van der Waals surface area contributed by atoms with Crippen LogP contribution in [0, 0.1) is 0 Å². The summed E-state index contributed by atoms with van der Waals surface area (Å²) >= 11 is 0. The Morgan fingerprint density at radius 3 is 2.30 bits per heavy atom. The van der Waals surface area contributed by atoms with E-state index in [0.717, 1.165) is 41.3 Å². The summed E-state index contributed by atoms with van der Waals surface area (Å²) in [5.41, 5.74) is 7.96. The summed E-state index contributed by atoms with van der Waals surface area (Å²) in [5.74, 6) is 0.187. The second kappa shape index (κ2) is 6.49. The summed E-state index contributed by atoms with van der Waals surface area (Å²) < 4.78 is 0. The maximum Gasteiger partial charge on any atom is 0.189 e. The standard InChI is InChI=1S/C15H12O.C3H9N/c1-2-10-9-12-7-3-5-11-6-4-8-13(14(11)12)15(10)16;1-2-3-4/h3-9H,2H2,1H3;2-4H2,1H3. The van der Waals surface area contributed by atoms with E-state index in [9.17, 15) is 4.79 Å². The molecule has 0 unspecified atom stereocenters. The van der Waals surface area contributed by atoms with Gasteiger partial charge < -0.3 is 5.73 Å². The van der Waals surface area contributed by atoms with Crippen LogP contribution in [0.5, 0.6) is 0 Å². The van der Waals surface area contributed by atoms with Crippen molar-refractivity contribution in [3.63, 3.8) is 0 Å². The molecule has 0 saturated carbocycles. The summed E-state index contributed by atoms with van der Waals surface area (Å²) in [7, 11) is 0. The molecular formula is C18H21NO. The Labute approximate surface area is 120 Å². The van der Waals surface area contributed by atoms with E-state index >= 15 is 0 Å². The number of allylic oxidation sites excluding steroid dienone is 1. The number of Topliss-reactive ketones (excluding diaryl/α,β-unsaturated/α-hetero) is 1. The zero-order chi connectivity index (χ0) is 14.5. The Balaban J connectivity index is 0.000000328. The zero-order valence-electron chi connectivity index (χ0n) is 12.1. The molecule has 0 bridgehead atoms. The van der Waals surface area contributed by atoms with Gasteiger partial charge in [-0.05, 0) is 36.4 Å². The van der Waals surface area contributed by atoms with Crippen molar-refractivity contribution in [2.24, 2.45) is 5.73 Å². The molecule has 20 heavy (non-hydrogen) atoms. The second-order valence-corrected chi connectivity index (χ2v) is 4.89. The molecule has 0 fully saturated rings. The summed E-state index contributed by atoms with van der Waals surface area (Å²) in [6.07, 6.45) is 3.92. The third-order valence-corrected chi connectivity index (χ3v) is 3.47. The fourth-order valence-electron chi connectivity index (χ4n) is 2.37. The summed E-state index contributed by atoms with van der Waals surface area (Å²) in [5, 5.41) is 2.25. The third-order valence-electron chi connectivity index (χ3n) is 3.47. The maximum absolute atomic E-state index is 12.2. The van der Waals surface area contributed by atoms with Gasteiger partial charge in [0.2, 0.25) is 0 Å². The average molecular weight is 267 g/mol. The van der Waals surface area contributed by atoms with Crippen LogP contribution < -0.4 is 5.73 Å². The van der Waals surface area contributed by atoms with Crippen LogP contribution in [0.3, 0.4) is 0 Å². The molecule has 0 heterocycles. The largest absolute Gasteiger partial charge is 0.330 e. The number of hydrogen-bond acceptors (Lipinski definition) is 2. The molecule has 0 aromatic heterocycles. The van der Waals surface area contributed by atoms with E-state index in [-0.39, 0.29) is 5.78 Å². The molecule has 1 aliphatic carbocycles. The quantitative estimate of drug-likeness (QED) is 0.886. The molecule has 3 rings (SSSR count). The molecule has 2 aromatic carbocycles. The van der Waals surface area contributed by atoms with Crippen LogP contribution in [0.25, 0.3) is 16.8 Å². The van der Waals surface area contributed by atoms with Crippen molar-refractivity contribution in [3.8, 4) is 0 Å². The van der Waals surface area contributed by atoms with Crippen molar-refractivity contribution in [3.05, 3.63) is 53.1 Å². The lowest BCUT2D eigenvalue weighted by molar-refractivity contribution is 0.103. The van der Waals surface area contributed by atoms with Crippen molar-refractivity contribution in [2.75, 3.05) is 6.54 Å². The van der Waals surface area contributed by atoms with Crippen LogP contribution >= 0.6 is 0 Å². The topological polar surface area (TPSA) is 43.1 Å². The van der Waals surface area contributed by atoms with Crippen molar-refractivity contribution >= 4 is 22.6 Å². The average Bonchev–Trinajstić information content (AvgIpc) is 2.51. The van der Waals surface area contributed by atoms with Crippen molar-refractivity contribution in [1.29, 1.82) is 0 Å². The molecule has 0 amide bonds. The highest BCUT2D eigenvalue weighted by molar-refractivity contribution is 6.22. The highest BCUT2D eigenvalue weighted by Crippen LogP contribution is 2.31. The lowest BCUT2D eigenvalue weighted by atomic mass is 9.87. The van der Waals surface area contributed by atoms with Crippen molar-refractivity contribution < 1.29 is 4.79 Å². The molecule has 2 aromatic rings. The number of ketones is 1. The number of carbonyl (C=O) groups is 1. The number of carbonyl (C=O) groups excluding carboxylic acids is 1. The predicted molar refractivity (Wildman–Crippen MR) is 85.9 cm³/mol.